The van der Waals surface area contributed by atoms with Crippen molar-refractivity contribution in [1.29, 1.82) is 0 Å². The Kier molecular flexibility index (Phi) is 6.02. The van der Waals surface area contributed by atoms with E-state index in [2.05, 4.69) is 10.3 Å². The SMILES string of the molecule is Nc1ccc(F)cc1Cc1nc2c(N)nc(NC3CCC(N)CC3)nc2n1Cc1ccccc1. The molecule has 0 aliphatic heterocycles. The standard InChI is InChI=1S/C25H29FN8/c26-17-6-11-20(28)16(12-17)13-21-31-22-23(29)32-25(30-19-9-7-18(27)8-10-19)33-24(22)34(21)14-15-4-2-1-3-5-15/h1-6,11-12,18-19H,7-10,13-14,27-28H2,(H3,29,30,32,33). The smallest absolute Gasteiger partial charge is 0.226 e. The molecule has 5 rings (SSSR count). The Balaban J connectivity index is 1.55. The lowest BCUT2D eigenvalue weighted by atomic mass is 9.92. The summed E-state index contributed by atoms with van der Waals surface area (Å²) in [5.41, 5.74) is 21.9. The van der Waals surface area contributed by atoms with Gasteiger partial charge in [0.05, 0.1) is 6.54 Å². The topological polar surface area (TPSA) is 134 Å². The average Bonchev–Trinajstić information content (AvgIpc) is 3.16. The molecule has 0 spiro atoms. The maximum absolute atomic E-state index is 13.9. The molecular formula is C25H29FN8. The third kappa shape index (κ3) is 4.65. The first-order valence-electron chi connectivity index (χ1n) is 11.6. The third-order valence-electron chi connectivity index (χ3n) is 6.44. The van der Waals surface area contributed by atoms with E-state index in [1.165, 1.54) is 12.1 Å². The van der Waals surface area contributed by atoms with E-state index in [0.717, 1.165) is 31.2 Å². The Labute approximate surface area is 197 Å². The molecule has 0 radical (unpaired) electrons. The quantitative estimate of drug-likeness (QED) is 0.324. The number of aromatic nitrogens is 4. The molecular weight excluding hydrogens is 431 g/mol. The van der Waals surface area contributed by atoms with Gasteiger partial charge in [-0.1, -0.05) is 30.3 Å². The monoisotopic (exact) mass is 460 g/mol. The second kappa shape index (κ2) is 9.26. The first kappa shape index (κ1) is 22.1. The van der Waals surface area contributed by atoms with Gasteiger partial charge in [-0.05, 0) is 55.0 Å². The Bertz CT molecular complexity index is 1300. The number of anilines is 3. The molecule has 2 aromatic heterocycles. The lowest BCUT2D eigenvalue weighted by Gasteiger charge is -2.26. The van der Waals surface area contributed by atoms with E-state index < -0.39 is 0 Å². The summed E-state index contributed by atoms with van der Waals surface area (Å²) in [5, 5.41) is 3.43. The molecule has 2 heterocycles. The fraction of sp³-hybridized carbons (Fsp3) is 0.320. The van der Waals surface area contributed by atoms with E-state index in [0.29, 0.717) is 53.0 Å². The largest absolute Gasteiger partial charge is 0.398 e. The minimum atomic E-state index is -0.340. The van der Waals surface area contributed by atoms with Crippen LogP contribution in [0.5, 0.6) is 0 Å². The maximum atomic E-state index is 13.9. The van der Waals surface area contributed by atoms with Crippen LogP contribution >= 0.6 is 0 Å². The van der Waals surface area contributed by atoms with Gasteiger partial charge in [-0.3, -0.25) is 0 Å². The van der Waals surface area contributed by atoms with Crippen LogP contribution in [0.15, 0.2) is 48.5 Å². The van der Waals surface area contributed by atoms with Crippen molar-refractivity contribution in [2.45, 2.75) is 50.7 Å². The second-order valence-electron chi connectivity index (χ2n) is 8.98. The van der Waals surface area contributed by atoms with Crippen LogP contribution in [0.2, 0.25) is 0 Å². The summed E-state index contributed by atoms with van der Waals surface area (Å²) in [4.78, 5) is 14.1. The Morgan fingerprint density at radius 3 is 2.50 bits per heavy atom. The Hall–Kier alpha value is -3.72. The van der Waals surface area contributed by atoms with Crippen LogP contribution in [0.1, 0.15) is 42.6 Å². The third-order valence-corrected chi connectivity index (χ3v) is 6.44. The van der Waals surface area contributed by atoms with E-state index >= 15 is 0 Å². The van der Waals surface area contributed by atoms with E-state index in [9.17, 15) is 4.39 Å². The van der Waals surface area contributed by atoms with Crippen LogP contribution in [0.3, 0.4) is 0 Å². The molecule has 4 aromatic rings. The molecule has 0 atom stereocenters. The van der Waals surface area contributed by atoms with Gasteiger partial charge in [-0.25, -0.2) is 9.37 Å². The van der Waals surface area contributed by atoms with Gasteiger partial charge in [0.1, 0.15) is 11.6 Å². The maximum Gasteiger partial charge on any atom is 0.226 e. The molecule has 2 aromatic carbocycles. The average molecular weight is 461 g/mol. The predicted octanol–water partition coefficient (Wildman–Crippen LogP) is 3.45. The molecule has 0 amide bonds. The van der Waals surface area contributed by atoms with Crippen LogP contribution < -0.4 is 22.5 Å². The summed E-state index contributed by atoms with van der Waals surface area (Å²) in [6.45, 7) is 0.538. The molecule has 1 fully saturated rings. The molecule has 0 saturated heterocycles. The number of benzene rings is 2. The molecule has 34 heavy (non-hydrogen) atoms. The van der Waals surface area contributed by atoms with Crippen molar-refractivity contribution < 1.29 is 4.39 Å². The number of rotatable bonds is 6. The minimum absolute atomic E-state index is 0.258. The first-order valence-corrected chi connectivity index (χ1v) is 11.6. The highest BCUT2D eigenvalue weighted by atomic mass is 19.1. The fourth-order valence-electron chi connectivity index (χ4n) is 4.54. The molecule has 0 unspecified atom stereocenters. The van der Waals surface area contributed by atoms with Crippen molar-refractivity contribution in [2.75, 3.05) is 16.8 Å². The number of hydrogen-bond donors (Lipinski definition) is 4. The first-order chi connectivity index (χ1) is 16.5. The van der Waals surface area contributed by atoms with E-state index in [1.807, 2.05) is 34.9 Å². The van der Waals surface area contributed by atoms with Gasteiger partial charge in [0.2, 0.25) is 5.95 Å². The van der Waals surface area contributed by atoms with Crippen LogP contribution in [-0.4, -0.2) is 31.6 Å². The van der Waals surface area contributed by atoms with Gasteiger partial charge in [-0.2, -0.15) is 9.97 Å². The summed E-state index contributed by atoms with van der Waals surface area (Å²) >= 11 is 0. The molecule has 0 bridgehead atoms. The lowest BCUT2D eigenvalue weighted by molar-refractivity contribution is 0.410. The van der Waals surface area contributed by atoms with Crippen molar-refractivity contribution in [3.63, 3.8) is 0 Å². The number of imidazole rings is 1. The van der Waals surface area contributed by atoms with Crippen molar-refractivity contribution in [3.05, 3.63) is 71.3 Å². The highest BCUT2D eigenvalue weighted by Crippen LogP contribution is 2.27. The summed E-state index contributed by atoms with van der Waals surface area (Å²) < 4.78 is 15.9. The predicted molar refractivity (Wildman–Crippen MR) is 133 cm³/mol. The van der Waals surface area contributed by atoms with Crippen LogP contribution in [0.4, 0.5) is 21.8 Å². The van der Waals surface area contributed by atoms with Gasteiger partial charge < -0.3 is 27.1 Å². The van der Waals surface area contributed by atoms with Crippen molar-refractivity contribution in [2.24, 2.45) is 5.73 Å². The second-order valence-corrected chi connectivity index (χ2v) is 8.98. The number of nitrogens with one attached hydrogen (secondary N) is 1. The molecule has 1 aliphatic carbocycles. The number of hydrogen-bond acceptors (Lipinski definition) is 7. The van der Waals surface area contributed by atoms with Gasteiger partial charge >= 0.3 is 0 Å². The minimum Gasteiger partial charge on any atom is -0.398 e. The van der Waals surface area contributed by atoms with Gasteiger partial charge in [0.15, 0.2) is 17.0 Å². The molecule has 9 heteroatoms. The number of nitrogens with zero attached hydrogens (tertiary/aromatic N) is 4. The number of nitrogen functional groups attached to an aromatic ring is 2. The van der Waals surface area contributed by atoms with Gasteiger partial charge in [0, 0.05) is 24.2 Å². The number of nitrogens with two attached hydrogens (primary N) is 3. The highest BCUT2D eigenvalue weighted by molar-refractivity contribution is 5.83. The Morgan fingerprint density at radius 2 is 1.74 bits per heavy atom. The number of halogens is 1. The van der Waals surface area contributed by atoms with Gasteiger partial charge in [0.25, 0.3) is 0 Å². The summed E-state index contributed by atoms with van der Waals surface area (Å²) in [5.74, 6) is 1.14. The van der Waals surface area contributed by atoms with Crippen molar-refractivity contribution >= 4 is 28.6 Å². The van der Waals surface area contributed by atoms with Crippen molar-refractivity contribution in [3.8, 4) is 0 Å². The molecule has 8 nitrogen and oxygen atoms in total. The van der Waals surface area contributed by atoms with Crippen LogP contribution in [0, 0.1) is 5.82 Å². The highest BCUT2D eigenvalue weighted by Gasteiger charge is 2.22. The van der Waals surface area contributed by atoms with Crippen LogP contribution in [0.25, 0.3) is 11.2 Å². The van der Waals surface area contributed by atoms with E-state index in [1.54, 1.807) is 6.07 Å². The summed E-state index contributed by atoms with van der Waals surface area (Å²) in [6, 6.07) is 14.9. The van der Waals surface area contributed by atoms with E-state index in [4.69, 9.17) is 27.2 Å². The fourth-order valence-corrected chi connectivity index (χ4v) is 4.54. The zero-order valence-electron chi connectivity index (χ0n) is 18.9. The molecule has 176 valence electrons. The molecule has 1 aliphatic rings. The Morgan fingerprint density at radius 1 is 0.971 bits per heavy atom. The zero-order chi connectivity index (χ0) is 23.7. The number of fused-ring (bicyclic) bond motifs is 1. The molecule has 1 saturated carbocycles. The lowest BCUT2D eigenvalue weighted by Crippen LogP contribution is -2.33. The van der Waals surface area contributed by atoms with Crippen LogP contribution in [-0.2, 0) is 13.0 Å². The molecule has 7 N–H and O–H groups in total. The van der Waals surface area contributed by atoms with Gasteiger partial charge in [-0.15, -0.1) is 0 Å². The summed E-state index contributed by atoms with van der Waals surface area (Å²) in [6.07, 6.45) is 4.22. The van der Waals surface area contributed by atoms with E-state index in [-0.39, 0.29) is 17.9 Å². The normalized spacial score (nSPS) is 18.3. The van der Waals surface area contributed by atoms with Crippen molar-refractivity contribution in [1.82, 2.24) is 19.5 Å². The zero-order valence-corrected chi connectivity index (χ0v) is 18.9. The summed E-state index contributed by atoms with van der Waals surface area (Å²) in [7, 11) is 0.